The zero-order valence-electron chi connectivity index (χ0n) is 16.6. The number of carbonyl (C=O) groups excluding carboxylic acids is 1. The van der Waals surface area contributed by atoms with Crippen LogP contribution < -0.4 is 16.6 Å². The third kappa shape index (κ3) is 6.57. The topological polar surface area (TPSA) is 104 Å². The van der Waals surface area contributed by atoms with Crippen molar-refractivity contribution in [2.24, 2.45) is 11.7 Å². The number of rotatable bonds is 6. The average molecular weight is 396 g/mol. The van der Waals surface area contributed by atoms with Crippen LogP contribution in [0.1, 0.15) is 25.7 Å². The second kappa shape index (κ2) is 10.6. The number of likely N-dealkylation sites (tertiary alicyclic amines) is 1. The lowest BCUT2D eigenvalue weighted by molar-refractivity contribution is -0.125. The van der Waals surface area contributed by atoms with Crippen LogP contribution in [0.2, 0.25) is 0 Å². The van der Waals surface area contributed by atoms with E-state index in [0.29, 0.717) is 12.2 Å². The fourth-order valence-electron chi connectivity index (χ4n) is 3.11. The third-order valence-corrected chi connectivity index (χ3v) is 5.01. The number of nitrogens with zero attached hydrogens (tertiary/aromatic N) is 2. The number of H-pyrrole nitrogens is 1. The zero-order valence-corrected chi connectivity index (χ0v) is 16.6. The van der Waals surface area contributed by atoms with Crippen LogP contribution in [-0.4, -0.2) is 47.0 Å². The predicted molar refractivity (Wildman–Crippen MR) is 116 cm³/mol. The van der Waals surface area contributed by atoms with Crippen LogP contribution >= 0.6 is 0 Å². The molecule has 7 heteroatoms. The van der Waals surface area contributed by atoms with Crippen LogP contribution in [0.15, 0.2) is 53.7 Å². The predicted octanol–water partition coefficient (Wildman–Crippen LogP) is 2.38. The van der Waals surface area contributed by atoms with Crippen molar-refractivity contribution in [2.75, 3.05) is 31.5 Å². The summed E-state index contributed by atoms with van der Waals surface area (Å²) in [5.74, 6) is 0.849. The van der Waals surface area contributed by atoms with Gasteiger partial charge in [-0.05, 0) is 55.4 Å². The van der Waals surface area contributed by atoms with Gasteiger partial charge in [-0.3, -0.25) is 14.6 Å². The van der Waals surface area contributed by atoms with Crippen LogP contribution in [-0.2, 0) is 4.79 Å². The second-order valence-electron chi connectivity index (χ2n) is 7.36. The lowest BCUT2D eigenvalue weighted by Gasteiger charge is -2.11. The van der Waals surface area contributed by atoms with E-state index in [1.54, 1.807) is 30.7 Å². The number of hydrogen-bond acceptors (Lipinski definition) is 5. The van der Waals surface area contributed by atoms with Crippen LogP contribution in [0.3, 0.4) is 0 Å². The summed E-state index contributed by atoms with van der Waals surface area (Å²) in [7, 11) is 0. The number of pyridine rings is 2. The molecule has 1 saturated heterocycles. The van der Waals surface area contributed by atoms with Gasteiger partial charge in [-0.25, -0.2) is 0 Å². The summed E-state index contributed by atoms with van der Waals surface area (Å²) in [5, 5.41) is 3.23. The van der Waals surface area contributed by atoms with E-state index >= 15 is 0 Å². The van der Waals surface area contributed by atoms with Crippen molar-refractivity contribution in [3.05, 3.63) is 59.3 Å². The van der Waals surface area contributed by atoms with Gasteiger partial charge in [0.05, 0.1) is 0 Å². The Bertz CT molecular complexity index is 868. The van der Waals surface area contributed by atoms with Gasteiger partial charge < -0.3 is 20.9 Å². The zero-order chi connectivity index (χ0) is 20.5. The number of nitrogens with two attached hydrogens (primary N) is 1. The summed E-state index contributed by atoms with van der Waals surface area (Å²) in [4.78, 5) is 31.5. The maximum atomic E-state index is 11.7. The van der Waals surface area contributed by atoms with Crippen LogP contribution in [0.4, 0.5) is 5.69 Å². The van der Waals surface area contributed by atoms with Crippen molar-refractivity contribution in [1.82, 2.24) is 14.9 Å². The minimum atomic E-state index is -0.0616. The smallest absolute Gasteiger partial charge is 0.271 e. The van der Waals surface area contributed by atoms with Crippen molar-refractivity contribution < 1.29 is 4.79 Å². The Kier molecular flexibility index (Phi) is 7.58. The fraction of sp³-hybridized carbons (Fsp3) is 0.409. The summed E-state index contributed by atoms with van der Waals surface area (Å²) in [6.45, 7) is 3.16. The van der Waals surface area contributed by atoms with E-state index in [1.165, 1.54) is 12.8 Å². The van der Waals surface area contributed by atoms with Crippen molar-refractivity contribution in [2.45, 2.75) is 25.7 Å². The van der Waals surface area contributed by atoms with E-state index in [9.17, 15) is 9.59 Å². The molecule has 0 unspecified atom stereocenters. The van der Waals surface area contributed by atoms with Gasteiger partial charge in [0.2, 0.25) is 5.91 Å². The fourth-order valence-corrected chi connectivity index (χ4v) is 3.11. The molecule has 2 aliphatic rings. The van der Waals surface area contributed by atoms with E-state index in [2.05, 4.69) is 15.3 Å². The highest BCUT2D eigenvalue weighted by molar-refractivity contribution is 5.87. The average Bonchev–Trinajstić information content (AvgIpc) is 3.42. The Hall–Kier alpha value is -2.93. The molecule has 2 aromatic rings. The molecular weight excluding hydrogens is 366 g/mol. The van der Waals surface area contributed by atoms with Gasteiger partial charge in [0.15, 0.2) is 0 Å². The molecule has 2 aromatic heterocycles. The molecule has 0 radical (unpaired) electrons. The highest BCUT2D eigenvalue weighted by atomic mass is 16.2. The Morgan fingerprint density at radius 2 is 1.97 bits per heavy atom. The monoisotopic (exact) mass is 395 g/mol. The summed E-state index contributed by atoms with van der Waals surface area (Å²) in [6.07, 6.45) is 13.3. The van der Waals surface area contributed by atoms with Gasteiger partial charge in [-0.1, -0.05) is 6.08 Å². The van der Waals surface area contributed by atoms with E-state index in [1.807, 2.05) is 23.1 Å². The SMILES string of the molecule is NC/C=C/C(=O)N1CCCC1.O=c1[nH]cc(-c2ccncc2)cc1NCC1CC1. The van der Waals surface area contributed by atoms with E-state index in [4.69, 9.17) is 5.73 Å². The largest absolute Gasteiger partial charge is 0.380 e. The van der Waals surface area contributed by atoms with Gasteiger partial charge in [0.25, 0.3) is 5.56 Å². The molecule has 154 valence electrons. The maximum Gasteiger partial charge on any atom is 0.271 e. The van der Waals surface area contributed by atoms with Gasteiger partial charge >= 0.3 is 0 Å². The summed E-state index contributed by atoms with van der Waals surface area (Å²) < 4.78 is 0. The molecule has 0 bridgehead atoms. The first-order valence-electron chi connectivity index (χ1n) is 10.2. The molecule has 0 spiro atoms. The molecule has 0 atom stereocenters. The standard InChI is InChI=1S/C14H15N3O.C8H14N2O/c18-14-13(16-8-10-1-2-10)7-12(9-17-14)11-3-5-15-6-4-11;9-5-3-4-8(11)10-6-1-2-7-10/h3-7,9-10,16H,1-2,8H2,(H,17,18);3-4H,1-2,5-7,9H2/b;4-3+. The molecule has 2 fully saturated rings. The number of aromatic nitrogens is 2. The molecule has 4 rings (SSSR count). The molecule has 29 heavy (non-hydrogen) atoms. The molecule has 1 saturated carbocycles. The quantitative estimate of drug-likeness (QED) is 0.652. The Morgan fingerprint density at radius 3 is 2.62 bits per heavy atom. The van der Waals surface area contributed by atoms with Gasteiger partial charge in [0.1, 0.15) is 5.69 Å². The first kappa shape index (κ1) is 20.8. The molecule has 0 aromatic carbocycles. The van der Waals surface area contributed by atoms with Crippen LogP contribution in [0.25, 0.3) is 11.1 Å². The van der Waals surface area contributed by atoms with Crippen LogP contribution in [0.5, 0.6) is 0 Å². The molecule has 4 N–H and O–H groups in total. The van der Waals surface area contributed by atoms with E-state index in [0.717, 1.165) is 49.5 Å². The number of carbonyl (C=O) groups is 1. The Balaban J connectivity index is 0.000000188. The molecule has 3 heterocycles. The highest BCUT2D eigenvalue weighted by Gasteiger charge is 2.21. The third-order valence-electron chi connectivity index (χ3n) is 5.01. The molecular formula is C22H29N5O2. The van der Waals surface area contributed by atoms with E-state index in [-0.39, 0.29) is 11.5 Å². The number of hydrogen-bond donors (Lipinski definition) is 3. The molecule has 1 aliphatic carbocycles. The van der Waals surface area contributed by atoms with Crippen molar-refractivity contribution in [3.8, 4) is 11.1 Å². The first-order valence-corrected chi connectivity index (χ1v) is 10.2. The second-order valence-corrected chi connectivity index (χ2v) is 7.36. The highest BCUT2D eigenvalue weighted by Crippen LogP contribution is 2.28. The van der Waals surface area contributed by atoms with Crippen molar-refractivity contribution in [1.29, 1.82) is 0 Å². The number of nitrogens with one attached hydrogen (secondary N) is 2. The van der Waals surface area contributed by atoms with Gasteiger partial charge in [-0.2, -0.15) is 0 Å². The molecule has 1 aliphatic heterocycles. The first-order chi connectivity index (χ1) is 14.2. The summed E-state index contributed by atoms with van der Waals surface area (Å²) in [6, 6.07) is 5.76. The minimum absolute atomic E-state index is 0.0616. The lowest BCUT2D eigenvalue weighted by Crippen LogP contribution is -2.25. The lowest BCUT2D eigenvalue weighted by atomic mass is 10.1. The normalized spacial score (nSPS) is 15.8. The molecule has 1 amide bonds. The number of anilines is 1. The number of amides is 1. The van der Waals surface area contributed by atoms with Gasteiger partial charge in [-0.15, -0.1) is 0 Å². The van der Waals surface area contributed by atoms with Crippen molar-refractivity contribution >= 4 is 11.6 Å². The Morgan fingerprint density at radius 1 is 1.24 bits per heavy atom. The van der Waals surface area contributed by atoms with Crippen molar-refractivity contribution in [3.63, 3.8) is 0 Å². The van der Waals surface area contributed by atoms with Crippen LogP contribution in [0, 0.1) is 5.92 Å². The van der Waals surface area contributed by atoms with Gasteiger partial charge in [0, 0.05) is 56.4 Å². The maximum absolute atomic E-state index is 11.7. The Labute approximate surface area is 171 Å². The number of aromatic amines is 1. The molecule has 7 nitrogen and oxygen atoms in total. The summed E-state index contributed by atoms with van der Waals surface area (Å²) in [5.41, 5.74) is 7.85. The van der Waals surface area contributed by atoms with E-state index < -0.39 is 0 Å². The summed E-state index contributed by atoms with van der Waals surface area (Å²) >= 11 is 0. The minimum Gasteiger partial charge on any atom is -0.380 e.